The SMILES string of the molecule is O=S(=O)(NCCc1cscn1)c1ccc(CO)o1. The number of aromatic nitrogens is 1. The van der Waals surface area contributed by atoms with Crippen molar-refractivity contribution in [1.82, 2.24) is 9.71 Å². The van der Waals surface area contributed by atoms with Gasteiger partial charge in [0, 0.05) is 18.3 Å². The van der Waals surface area contributed by atoms with Crippen molar-refractivity contribution >= 4 is 21.4 Å². The summed E-state index contributed by atoms with van der Waals surface area (Å²) in [5.74, 6) is 0.217. The van der Waals surface area contributed by atoms with E-state index in [1.54, 1.807) is 5.51 Å². The Kier molecular flexibility index (Phi) is 4.12. The van der Waals surface area contributed by atoms with Crippen molar-refractivity contribution in [3.8, 4) is 0 Å². The Morgan fingerprint density at radius 3 is 2.89 bits per heavy atom. The lowest BCUT2D eigenvalue weighted by Gasteiger charge is -2.02. The van der Waals surface area contributed by atoms with Gasteiger partial charge in [-0.2, -0.15) is 0 Å². The topological polar surface area (TPSA) is 92.4 Å². The van der Waals surface area contributed by atoms with E-state index in [1.165, 1.54) is 23.5 Å². The summed E-state index contributed by atoms with van der Waals surface area (Å²) in [5.41, 5.74) is 2.54. The summed E-state index contributed by atoms with van der Waals surface area (Å²) >= 11 is 1.47. The van der Waals surface area contributed by atoms with E-state index < -0.39 is 10.0 Å². The lowest BCUT2D eigenvalue weighted by molar-refractivity contribution is 0.236. The molecule has 18 heavy (non-hydrogen) atoms. The molecular weight excluding hydrogens is 276 g/mol. The fourth-order valence-electron chi connectivity index (χ4n) is 1.33. The normalized spacial score (nSPS) is 11.8. The Morgan fingerprint density at radius 1 is 1.44 bits per heavy atom. The predicted molar refractivity (Wildman–Crippen MR) is 65.6 cm³/mol. The number of aliphatic hydroxyl groups is 1. The van der Waals surface area contributed by atoms with Crippen molar-refractivity contribution in [2.45, 2.75) is 18.1 Å². The molecular formula is C10H12N2O4S2. The van der Waals surface area contributed by atoms with Crippen LogP contribution in [0.4, 0.5) is 0 Å². The number of hydrogen-bond donors (Lipinski definition) is 2. The molecule has 0 saturated carbocycles. The van der Waals surface area contributed by atoms with Gasteiger partial charge >= 0.3 is 0 Å². The van der Waals surface area contributed by atoms with Crippen LogP contribution < -0.4 is 4.72 Å². The van der Waals surface area contributed by atoms with E-state index in [-0.39, 0.29) is 24.0 Å². The Bertz CT molecular complexity index is 589. The first-order chi connectivity index (χ1) is 8.62. The summed E-state index contributed by atoms with van der Waals surface area (Å²) in [7, 11) is -3.65. The maximum Gasteiger partial charge on any atom is 0.273 e. The third kappa shape index (κ3) is 3.16. The number of rotatable bonds is 6. The molecule has 2 aromatic heterocycles. The molecule has 8 heteroatoms. The fourth-order valence-corrected chi connectivity index (χ4v) is 2.90. The van der Waals surface area contributed by atoms with Crippen LogP contribution in [0.3, 0.4) is 0 Å². The smallest absolute Gasteiger partial charge is 0.273 e. The standard InChI is InChI=1S/C10H12N2O4S2/c13-5-9-1-2-10(16-9)18(14,15)12-4-3-8-6-17-7-11-8/h1-2,6-7,12-13H,3-5H2. The summed E-state index contributed by atoms with van der Waals surface area (Å²) in [6.07, 6.45) is 0.524. The Labute approximate surface area is 108 Å². The number of hydrogen-bond acceptors (Lipinski definition) is 6. The van der Waals surface area contributed by atoms with Crippen molar-refractivity contribution in [1.29, 1.82) is 0 Å². The van der Waals surface area contributed by atoms with Crippen LogP contribution in [0.1, 0.15) is 11.5 Å². The van der Waals surface area contributed by atoms with Crippen LogP contribution >= 0.6 is 11.3 Å². The number of nitrogens with one attached hydrogen (secondary N) is 1. The Hall–Kier alpha value is -1.22. The maximum atomic E-state index is 11.8. The molecule has 2 aromatic rings. The predicted octanol–water partition coefficient (Wildman–Crippen LogP) is 0.749. The van der Waals surface area contributed by atoms with Gasteiger partial charge in [-0.15, -0.1) is 11.3 Å². The zero-order chi connectivity index (χ0) is 13.0. The van der Waals surface area contributed by atoms with Crippen LogP contribution in [-0.2, 0) is 23.1 Å². The third-order valence-electron chi connectivity index (χ3n) is 2.21. The van der Waals surface area contributed by atoms with Crippen molar-refractivity contribution in [2.75, 3.05) is 6.54 Å². The molecule has 2 rings (SSSR count). The zero-order valence-corrected chi connectivity index (χ0v) is 11.0. The average Bonchev–Trinajstić information content (AvgIpc) is 2.99. The van der Waals surface area contributed by atoms with Crippen LogP contribution in [0.5, 0.6) is 0 Å². The number of nitrogens with zero attached hydrogens (tertiary/aromatic N) is 1. The van der Waals surface area contributed by atoms with Gasteiger partial charge in [0.2, 0.25) is 5.09 Å². The molecule has 0 aliphatic carbocycles. The minimum atomic E-state index is -3.65. The van der Waals surface area contributed by atoms with Crippen LogP contribution in [0.25, 0.3) is 0 Å². The molecule has 98 valence electrons. The largest absolute Gasteiger partial charge is 0.446 e. The molecule has 0 bridgehead atoms. The average molecular weight is 288 g/mol. The maximum absolute atomic E-state index is 11.8. The first-order valence-electron chi connectivity index (χ1n) is 5.18. The van der Waals surface area contributed by atoms with Crippen LogP contribution in [-0.4, -0.2) is 25.1 Å². The van der Waals surface area contributed by atoms with E-state index in [9.17, 15) is 8.42 Å². The number of thiazole rings is 1. The first kappa shape index (κ1) is 13.2. The summed E-state index contributed by atoms with van der Waals surface area (Å²) in [5, 5.41) is 10.5. The quantitative estimate of drug-likeness (QED) is 0.818. The fraction of sp³-hybridized carbons (Fsp3) is 0.300. The molecule has 0 aliphatic heterocycles. The number of sulfonamides is 1. The molecule has 0 aliphatic rings. The molecule has 0 saturated heterocycles. The highest BCUT2D eigenvalue weighted by Crippen LogP contribution is 2.13. The second-order valence-corrected chi connectivity index (χ2v) is 5.92. The van der Waals surface area contributed by atoms with Crippen LogP contribution in [0.15, 0.2) is 32.5 Å². The van der Waals surface area contributed by atoms with Crippen LogP contribution in [0.2, 0.25) is 0 Å². The molecule has 0 atom stereocenters. The highest BCUT2D eigenvalue weighted by molar-refractivity contribution is 7.89. The lowest BCUT2D eigenvalue weighted by Crippen LogP contribution is -2.25. The summed E-state index contributed by atoms with van der Waals surface area (Å²) in [6, 6.07) is 2.74. The summed E-state index contributed by atoms with van der Waals surface area (Å²) in [4.78, 5) is 4.05. The van der Waals surface area contributed by atoms with E-state index in [4.69, 9.17) is 9.52 Å². The summed E-state index contributed by atoms with van der Waals surface area (Å²) in [6.45, 7) is -0.0738. The van der Waals surface area contributed by atoms with Gasteiger partial charge in [-0.05, 0) is 12.1 Å². The molecule has 0 spiro atoms. The minimum absolute atomic E-state index is 0.190. The summed E-state index contributed by atoms with van der Waals surface area (Å²) < 4.78 is 31.0. The van der Waals surface area contributed by atoms with Crippen molar-refractivity contribution < 1.29 is 17.9 Å². The van der Waals surface area contributed by atoms with Gasteiger partial charge in [-0.1, -0.05) is 0 Å². The van der Waals surface area contributed by atoms with Gasteiger partial charge in [0.15, 0.2) is 0 Å². The third-order valence-corrected chi connectivity index (χ3v) is 4.18. The van der Waals surface area contributed by atoms with Crippen molar-refractivity contribution in [3.05, 3.63) is 34.5 Å². The second-order valence-electron chi connectivity index (χ2n) is 3.51. The monoisotopic (exact) mass is 288 g/mol. The van der Waals surface area contributed by atoms with Crippen molar-refractivity contribution in [2.24, 2.45) is 0 Å². The van der Waals surface area contributed by atoms with Gasteiger partial charge in [0.25, 0.3) is 10.0 Å². The van der Waals surface area contributed by atoms with Crippen LogP contribution in [0, 0.1) is 0 Å². The molecule has 0 amide bonds. The van der Waals surface area contributed by atoms with Gasteiger partial charge in [-0.3, -0.25) is 0 Å². The molecule has 2 heterocycles. The second kappa shape index (κ2) is 5.61. The number of aliphatic hydroxyl groups excluding tert-OH is 1. The lowest BCUT2D eigenvalue weighted by atomic mass is 10.3. The minimum Gasteiger partial charge on any atom is -0.446 e. The highest BCUT2D eigenvalue weighted by Gasteiger charge is 2.18. The van der Waals surface area contributed by atoms with Gasteiger partial charge in [-0.25, -0.2) is 18.1 Å². The van der Waals surface area contributed by atoms with Gasteiger partial charge in [0.1, 0.15) is 12.4 Å². The van der Waals surface area contributed by atoms with E-state index in [2.05, 4.69) is 9.71 Å². The molecule has 0 unspecified atom stereocenters. The van der Waals surface area contributed by atoms with E-state index in [0.717, 1.165) is 5.69 Å². The van der Waals surface area contributed by atoms with E-state index in [0.29, 0.717) is 6.42 Å². The Balaban J connectivity index is 1.95. The zero-order valence-electron chi connectivity index (χ0n) is 9.37. The number of furan rings is 1. The molecule has 0 fully saturated rings. The van der Waals surface area contributed by atoms with E-state index in [1.807, 2.05) is 5.38 Å². The molecule has 0 aromatic carbocycles. The Morgan fingerprint density at radius 2 is 2.28 bits per heavy atom. The first-order valence-corrected chi connectivity index (χ1v) is 7.61. The molecule has 0 radical (unpaired) electrons. The van der Waals surface area contributed by atoms with Crippen molar-refractivity contribution in [3.63, 3.8) is 0 Å². The van der Waals surface area contributed by atoms with Gasteiger partial charge < -0.3 is 9.52 Å². The molecule has 6 nitrogen and oxygen atoms in total. The molecule has 2 N–H and O–H groups in total. The highest BCUT2D eigenvalue weighted by atomic mass is 32.2. The van der Waals surface area contributed by atoms with E-state index >= 15 is 0 Å². The van der Waals surface area contributed by atoms with Gasteiger partial charge in [0.05, 0.1) is 11.2 Å².